The van der Waals surface area contributed by atoms with Gasteiger partial charge in [0.25, 0.3) is 0 Å². The van der Waals surface area contributed by atoms with Crippen LogP contribution in [-0.4, -0.2) is 44.2 Å². The first-order chi connectivity index (χ1) is 20.2. The molecule has 6 heteroatoms. The minimum absolute atomic E-state index is 0.0694. The maximum absolute atomic E-state index is 14.2. The molecule has 0 bridgehead atoms. The summed E-state index contributed by atoms with van der Waals surface area (Å²) in [6, 6.07) is 19.1. The Morgan fingerprint density at radius 2 is 1.68 bits per heavy atom. The summed E-state index contributed by atoms with van der Waals surface area (Å²) in [6.07, 6.45) is 12.3. The third kappa shape index (κ3) is 6.32. The van der Waals surface area contributed by atoms with Gasteiger partial charge in [0.05, 0.1) is 6.04 Å². The van der Waals surface area contributed by atoms with Crippen molar-refractivity contribution in [1.29, 1.82) is 0 Å². The van der Waals surface area contributed by atoms with Crippen LogP contribution in [0.2, 0.25) is 0 Å². The Morgan fingerprint density at radius 3 is 2.59 bits per heavy atom. The number of benzene rings is 3. The second-order valence-corrected chi connectivity index (χ2v) is 12.0. The van der Waals surface area contributed by atoms with Gasteiger partial charge in [-0.3, -0.25) is 15.6 Å². The van der Waals surface area contributed by atoms with E-state index >= 15 is 0 Å². The van der Waals surface area contributed by atoms with Crippen LogP contribution < -0.4 is 27.2 Å². The highest BCUT2D eigenvalue weighted by atomic mass is 16.1. The average molecular weight is 552 g/mol. The highest BCUT2D eigenvalue weighted by Crippen LogP contribution is 2.44. The van der Waals surface area contributed by atoms with E-state index in [0.717, 1.165) is 76.8 Å². The summed E-state index contributed by atoms with van der Waals surface area (Å²) in [5, 5.41) is 10.2. The molecule has 6 rings (SSSR count). The molecule has 3 unspecified atom stereocenters. The molecule has 6 N–H and O–H groups in total. The van der Waals surface area contributed by atoms with Crippen LogP contribution in [-0.2, 0) is 24.1 Å². The number of hydrogen-bond acceptors (Lipinski definition) is 6. The van der Waals surface area contributed by atoms with Gasteiger partial charge >= 0.3 is 0 Å². The number of allylic oxidation sites excluding steroid dienone is 1. The standard InChI is InChI=1S/C35H45N5O/c36-32(22-24-8-2-1-3-9-24)35(41)31-17-15-29-28-13-12-25-10-4-5-11-26(25)27(28)14-16-30(29)34(31)33-18-21-40-39-20-7-6-19-37-23-38-33/h1-4,8-10,12-14,16,31-34,37-40H,5-7,11,15,17-23,36H2/t31-,32?,33?,34?/m0/s1. The molecule has 216 valence electrons. The molecule has 1 heterocycles. The van der Waals surface area contributed by atoms with Crippen molar-refractivity contribution in [3.05, 3.63) is 88.5 Å². The summed E-state index contributed by atoms with van der Waals surface area (Å²) in [5.41, 5.74) is 20.2. The Balaban J connectivity index is 1.36. The lowest BCUT2D eigenvalue weighted by Gasteiger charge is -2.40. The van der Waals surface area contributed by atoms with E-state index in [-0.39, 0.29) is 23.7 Å². The number of fused-ring (bicyclic) bond motifs is 5. The number of hydrazine groups is 1. The Morgan fingerprint density at radius 1 is 0.878 bits per heavy atom. The lowest BCUT2D eigenvalue weighted by atomic mass is 9.67. The third-order valence-corrected chi connectivity index (χ3v) is 9.42. The van der Waals surface area contributed by atoms with E-state index < -0.39 is 6.04 Å². The van der Waals surface area contributed by atoms with E-state index in [9.17, 15) is 4.79 Å². The van der Waals surface area contributed by atoms with Crippen molar-refractivity contribution in [2.75, 3.05) is 26.3 Å². The van der Waals surface area contributed by atoms with Crippen molar-refractivity contribution < 1.29 is 4.79 Å². The van der Waals surface area contributed by atoms with Crippen LogP contribution in [0.5, 0.6) is 0 Å². The molecule has 1 saturated heterocycles. The van der Waals surface area contributed by atoms with Crippen molar-refractivity contribution in [2.45, 2.75) is 69.4 Å². The molecule has 41 heavy (non-hydrogen) atoms. The summed E-state index contributed by atoms with van der Waals surface area (Å²) < 4.78 is 0. The SMILES string of the molecule is NC(Cc1ccccc1)C(=O)[C@H]1CCc2c(ccc3c4c(ccc23)C=CCC4)C1C1CCNNCCCCNCN1. The number of hydrogen-bond donors (Lipinski definition) is 5. The number of ketones is 1. The van der Waals surface area contributed by atoms with E-state index in [2.05, 4.69) is 70.0 Å². The highest BCUT2D eigenvalue weighted by molar-refractivity contribution is 5.94. The number of nitrogens with one attached hydrogen (secondary N) is 4. The molecule has 0 radical (unpaired) electrons. The molecule has 0 amide bonds. The van der Waals surface area contributed by atoms with Crippen LogP contribution in [0.25, 0.3) is 16.8 Å². The number of carbonyl (C=O) groups excluding carboxylic acids is 1. The fourth-order valence-electron chi connectivity index (χ4n) is 7.35. The van der Waals surface area contributed by atoms with Crippen molar-refractivity contribution in [2.24, 2.45) is 11.7 Å². The Kier molecular flexibility index (Phi) is 9.24. The number of aryl methyl sites for hydroxylation is 2. The highest BCUT2D eigenvalue weighted by Gasteiger charge is 2.41. The lowest BCUT2D eigenvalue weighted by Crippen LogP contribution is -2.50. The number of rotatable bonds is 5. The molecule has 6 nitrogen and oxygen atoms in total. The van der Waals surface area contributed by atoms with Crippen LogP contribution >= 0.6 is 0 Å². The van der Waals surface area contributed by atoms with E-state index in [0.29, 0.717) is 6.42 Å². The molecule has 4 atom stereocenters. The van der Waals surface area contributed by atoms with Gasteiger partial charge in [0.15, 0.2) is 5.78 Å². The summed E-state index contributed by atoms with van der Waals surface area (Å²) >= 11 is 0. The molecule has 3 aromatic carbocycles. The minimum atomic E-state index is -0.505. The van der Waals surface area contributed by atoms with Crippen molar-refractivity contribution in [3.63, 3.8) is 0 Å². The molecule has 1 fully saturated rings. The molecular weight excluding hydrogens is 506 g/mol. The van der Waals surface area contributed by atoms with Gasteiger partial charge in [0.1, 0.15) is 0 Å². The fraction of sp³-hybridized carbons (Fsp3) is 0.457. The van der Waals surface area contributed by atoms with Gasteiger partial charge in [-0.1, -0.05) is 66.7 Å². The van der Waals surface area contributed by atoms with Crippen LogP contribution in [0, 0.1) is 5.92 Å². The third-order valence-electron chi connectivity index (χ3n) is 9.42. The van der Waals surface area contributed by atoms with Crippen molar-refractivity contribution >= 4 is 22.6 Å². The minimum Gasteiger partial charge on any atom is -0.321 e. The second kappa shape index (κ2) is 13.4. The van der Waals surface area contributed by atoms with Crippen LogP contribution in [0.1, 0.15) is 65.8 Å². The van der Waals surface area contributed by atoms with Crippen LogP contribution in [0.3, 0.4) is 0 Å². The van der Waals surface area contributed by atoms with Gasteiger partial charge < -0.3 is 16.4 Å². The van der Waals surface area contributed by atoms with Gasteiger partial charge in [0.2, 0.25) is 0 Å². The number of nitrogens with two attached hydrogens (primary N) is 1. The van der Waals surface area contributed by atoms with E-state index in [1.54, 1.807) is 0 Å². The molecule has 3 aromatic rings. The van der Waals surface area contributed by atoms with E-state index in [1.807, 2.05) is 18.2 Å². The molecule has 0 saturated carbocycles. The first-order valence-corrected chi connectivity index (χ1v) is 15.7. The van der Waals surface area contributed by atoms with Gasteiger partial charge in [-0.05, 0) is 96.5 Å². The van der Waals surface area contributed by atoms with Crippen LogP contribution in [0.4, 0.5) is 0 Å². The molecule has 0 aromatic heterocycles. The quantitative estimate of drug-likeness (QED) is 0.324. The predicted molar refractivity (Wildman–Crippen MR) is 169 cm³/mol. The molecule has 1 aliphatic heterocycles. The monoisotopic (exact) mass is 551 g/mol. The average Bonchev–Trinajstić information content (AvgIpc) is 3.00. The fourth-order valence-corrected chi connectivity index (χ4v) is 7.35. The van der Waals surface area contributed by atoms with Gasteiger partial charge in [-0.15, -0.1) is 0 Å². The van der Waals surface area contributed by atoms with Gasteiger partial charge in [0, 0.05) is 37.6 Å². The second-order valence-electron chi connectivity index (χ2n) is 12.0. The topological polar surface area (TPSA) is 91.2 Å². The lowest BCUT2D eigenvalue weighted by molar-refractivity contribution is -0.125. The predicted octanol–water partition coefficient (Wildman–Crippen LogP) is 4.37. The Bertz CT molecular complexity index is 1360. The maximum Gasteiger partial charge on any atom is 0.153 e. The molecular formula is C35H45N5O. The zero-order valence-electron chi connectivity index (χ0n) is 24.1. The Labute approximate surface area is 244 Å². The van der Waals surface area contributed by atoms with Crippen LogP contribution in [0.15, 0.2) is 60.7 Å². The Hall–Kier alpha value is -2.87. The summed E-state index contributed by atoms with van der Waals surface area (Å²) in [5.74, 6) is 0.157. The first kappa shape index (κ1) is 28.3. The summed E-state index contributed by atoms with van der Waals surface area (Å²) in [6.45, 7) is 3.53. The largest absolute Gasteiger partial charge is 0.321 e. The zero-order valence-corrected chi connectivity index (χ0v) is 24.1. The number of Topliss-reactive ketones (excluding diaryl/α,β-unsaturated/α-hetero) is 1. The summed E-state index contributed by atoms with van der Waals surface area (Å²) in [7, 11) is 0. The van der Waals surface area contributed by atoms with E-state index in [4.69, 9.17) is 5.73 Å². The first-order valence-electron chi connectivity index (χ1n) is 15.7. The maximum atomic E-state index is 14.2. The van der Waals surface area contributed by atoms with Gasteiger partial charge in [-0.2, -0.15) is 0 Å². The number of carbonyl (C=O) groups is 1. The summed E-state index contributed by atoms with van der Waals surface area (Å²) in [4.78, 5) is 14.2. The molecule has 3 aliphatic rings. The molecule has 0 spiro atoms. The normalized spacial score (nSPS) is 24.5. The zero-order chi connectivity index (χ0) is 28.0. The van der Waals surface area contributed by atoms with Gasteiger partial charge in [-0.25, -0.2) is 0 Å². The molecule has 2 aliphatic carbocycles. The smallest absolute Gasteiger partial charge is 0.153 e. The van der Waals surface area contributed by atoms with E-state index in [1.165, 1.54) is 33.0 Å². The van der Waals surface area contributed by atoms with Crippen molar-refractivity contribution in [3.8, 4) is 0 Å². The van der Waals surface area contributed by atoms with Crippen molar-refractivity contribution in [1.82, 2.24) is 21.5 Å².